The smallest absolute Gasteiger partial charge is 0.222 e. The molecule has 0 aromatic heterocycles. The van der Waals surface area contributed by atoms with Crippen molar-refractivity contribution >= 4 is 21.8 Å². The topological polar surface area (TPSA) is 20.3 Å². The van der Waals surface area contributed by atoms with Gasteiger partial charge in [-0.2, -0.15) is 0 Å². The van der Waals surface area contributed by atoms with E-state index in [0.717, 1.165) is 38.8 Å². The van der Waals surface area contributed by atoms with Gasteiger partial charge >= 0.3 is 0 Å². The van der Waals surface area contributed by atoms with Gasteiger partial charge < -0.3 is 4.90 Å². The fraction of sp³-hybridized carbons (Fsp3) is 0.812. The fourth-order valence-corrected chi connectivity index (χ4v) is 2.29. The van der Waals surface area contributed by atoms with Gasteiger partial charge in [0.25, 0.3) is 0 Å². The van der Waals surface area contributed by atoms with E-state index in [1.54, 1.807) is 0 Å². The molecule has 0 aliphatic heterocycles. The molecule has 1 aliphatic rings. The van der Waals surface area contributed by atoms with Gasteiger partial charge in [0.2, 0.25) is 5.91 Å². The van der Waals surface area contributed by atoms with Crippen molar-refractivity contribution in [3.05, 3.63) is 11.6 Å². The Balaban J connectivity index is 2.35. The fourth-order valence-electron chi connectivity index (χ4n) is 2.11. The third-order valence-electron chi connectivity index (χ3n) is 3.57. The largest absolute Gasteiger partial charge is 0.342 e. The highest BCUT2D eigenvalue weighted by atomic mass is 79.9. The lowest BCUT2D eigenvalue weighted by Gasteiger charge is -2.22. The highest BCUT2D eigenvalue weighted by molar-refractivity contribution is 9.09. The monoisotopic (exact) mass is 329 g/mol. The molecule has 1 saturated carbocycles. The van der Waals surface area contributed by atoms with Gasteiger partial charge in [0, 0.05) is 24.3 Å². The van der Waals surface area contributed by atoms with Gasteiger partial charge in [0.1, 0.15) is 0 Å². The van der Waals surface area contributed by atoms with Crippen molar-refractivity contribution < 1.29 is 4.79 Å². The first kappa shape index (κ1) is 16.7. The minimum atomic E-state index is 0.367. The van der Waals surface area contributed by atoms with Crippen LogP contribution in [0.5, 0.6) is 0 Å². The first-order valence-electron chi connectivity index (χ1n) is 7.60. The first-order chi connectivity index (χ1) is 9.02. The lowest BCUT2D eigenvalue weighted by molar-refractivity contribution is -0.131. The highest BCUT2D eigenvalue weighted by Gasteiger charge is 2.26. The van der Waals surface area contributed by atoms with E-state index in [4.69, 9.17) is 0 Å². The number of amides is 1. The molecule has 2 nitrogen and oxygen atoms in total. The van der Waals surface area contributed by atoms with Crippen LogP contribution in [0.25, 0.3) is 0 Å². The maximum atomic E-state index is 12.2. The maximum absolute atomic E-state index is 12.2. The molecule has 0 heterocycles. The zero-order chi connectivity index (χ0) is 14.3. The molecule has 0 aromatic rings. The molecule has 1 rings (SSSR count). The summed E-state index contributed by atoms with van der Waals surface area (Å²) in [5, 5.41) is 0. The molecule has 3 heteroatoms. The number of carbonyl (C=O) groups excluding carboxylic acids is 1. The highest BCUT2D eigenvalue weighted by Crippen LogP contribution is 2.32. The Hall–Kier alpha value is -0.310. The number of allylic oxidation sites excluding steroid dienone is 1. The minimum absolute atomic E-state index is 0.367. The molecule has 0 N–H and O–H groups in total. The number of carbonyl (C=O) groups is 1. The molecule has 1 fully saturated rings. The second kappa shape index (κ2) is 8.78. The lowest BCUT2D eigenvalue weighted by atomic mass is 10.1. The van der Waals surface area contributed by atoms with Crippen LogP contribution in [-0.2, 0) is 4.79 Å². The summed E-state index contributed by atoms with van der Waals surface area (Å²) in [5.74, 6) is 1.06. The number of hydrogen-bond donors (Lipinski definition) is 0. The Morgan fingerprint density at radius 3 is 2.63 bits per heavy atom. The number of hydrogen-bond acceptors (Lipinski definition) is 1. The van der Waals surface area contributed by atoms with Gasteiger partial charge in [-0.25, -0.2) is 0 Å². The van der Waals surface area contributed by atoms with Crippen LogP contribution in [0.3, 0.4) is 0 Å². The molecular formula is C16H28BrNO. The van der Waals surface area contributed by atoms with Crippen LogP contribution in [0.15, 0.2) is 11.6 Å². The molecule has 1 atom stereocenters. The number of halogens is 1. The second-order valence-electron chi connectivity index (χ2n) is 5.85. The van der Waals surface area contributed by atoms with Crippen LogP contribution in [0.4, 0.5) is 0 Å². The van der Waals surface area contributed by atoms with Crippen LogP contribution in [0.1, 0.15) is 59.3 Å². The van der Waals surface area contributed by atoms with Gasteiger partial charge in [0.05, 0.1) is 0 Å². The SMILES string of the molecule is CCCN(CC/C(C)=C/CC(C)Br)C(=O)CC1CC1. The van der Waals surface area contributed by atoms with Crippen molar-refractivity contribution in [2.75, 3.05) is 13.1 Å². The molecule has 19 heavy (non-hydrogen) atoms. The molecule has 0 spiro atoms. The Labute approximate surface area is 126 Å². The van der Waals surface area contributed by atoms with E-state index in [1.807, 2.05) is 0 Å². The molecule has 0 aromatic carbocycles. The van der Waals surface area contributed by atoms with Gasteiger partial charge in [-0.15, -0.1) is 0 Å². The van der Waals surface area contributed by atoms with Gasteiger partial charge in [-0.05, 0) is 44.9 Å². The predicted molar refractivity (Wildman–Crippen MR) is 85.6 cm³/mol. The summed E-state index contributed by atoms with van der Waals surface area (Å²) in [7, 11) is 0. The zero-order valence-corrected chi connectivity index (χ0v) is 14.2. The molecule has 1 amide bonds. The molecule has 0 bridgehead atoms. The minimum Gasteiger partial charge on any atom is -0.342 e. The van der Waals surface area contributed by atoms with E-state index < -0.39 is 0 Å². The van der Waals surface area contributed by atoms with E-state index >= 15 is 0 Å². The van der Waals surface area contributed by atoms with Crippen LogP contribution < -0.4 is 0 Å². The third-order valence-corrected chi connectivity index (χ3v) is 3.95. The van der Waals surface area contributed by atoms with Crippen molar-refractivity contribution in [2.45, 2.75) is 64.1 Å². The second-order valence-corrected chi connectivity index (χ2v) is 7.41. The van der Waals surface area contributed by atoms with Crippen molar-refractivity contribution in [1.29, 1.82) is 0 Å². The van der Waals surface area contributed by atoms with Crippen molar-refractivity contribution in [3.8, 4) is 0 Å². The van der Waals surface area contributed by atoms with Crippen molar-refractivity contribution in [1.82, 2.24) is 4.90 Å². The molecule has 0 saturated heterocycles. The summed E-state index contributed by atoms with van der Waals surface area (Å²) < 4.78 is 0. The quantitative estimate of drug-likeness (QED) is 0.449. The van der Waals surface area contributed by atoms with Gasteiger partial charge in [-0.1, -0.05) is 41.4 Å². The summed E-state index contributed by atoms with van der Waals surface area (Å²) in [5.41, 5.74) is 1.40. The molecular weight excluding hydrogens is 302 g/mol. The zero-order valence-electron chi connectivity index (χ0n) is 12.6. The van der Waals surface area contributed by atoms with E-state index in [0.29, 0.717) is 16.7 Å². The summed E-state index contributed by atoms with van der Waals surface area (Å²) in [4.78, 5) is 14.8. The normalized spacial score (nSPS) is 17.4. The van der Waals surface area contributed by atoms with Gasteiger partial charge in [0.15, 0.2) is 0 Å². The Morgan fingerprint density at radius 2 is 2.11 bits per heavy atom. The van der Waals surface area contributed by atoms with Crippen LogP contribution in [0.2, 0.25) is 0 Å². The van der Waals surface area contributed by atoms with E-state index in [9.17, 15) is 4.79 Å². The average molecular weight is 330 g/mol. The molecule has 1 unspecified atom stereocenters. The number of rotatable bonds is 9. The molecule has 0 radical (unpaired) electrons. The lowest BCUT2D eigenvalue weighted by Crippen LogP contribution is -2.33. The standard InChI is InChI=1S/C16H28BrNO/c1-4-10-18(16(19)12-15-7-8-15)11-9-13(2)5-6-14(3)17/h5,14-15H,4,6-12H2,1-3H3/b13-5+. The predicted octanol–water partition coefficient (Wildman–Crippen LogP) is 4.54. The van der Waals surface area contributed by atoms with E-state index in [2.05, 4.69) is 47.7 Å². The number of alkyl halides is 1. The van der Waals surface area contributed by atoms with Crippen molar-refractivity contribution in [3.63, 3.8) is 0 Å². The van der Waals surface area contributed by atoms with Gasteiger partial charge in [-0.3, -0.25) is 4.79 Å². The van der Waals surface area contributed by atoms with E-state index in [1.165, 1.54) is 18.4 Å². The summed E-state index contributed by atoms with van der Waals surface area (Å²) in [6.07, 6.45) is 8.71. The third kappa shape index (κ3) is 7.76. The molecule has 110 valence electrons. The maximum Gasteiger partial charge on any atom is 0.222 e. The van der Waals surface area contributed by atoms with Crippen LogP contribution in [0, 0.1) is 5.92 Å². The summed E-state index contributed by atoms with van der Waals surface area (Å²) in [6.45, 7) is 8.27. The summed E-state index contributed by atoms with van der Waals surface area (Å²) in [6, 6.07) is 0. The van der Waals surface area contributed by atoms with Crippen LogP contribution in [-0.4, -0.2) is 28.7 Å². The van der Waals surface area contributed by atoms with Crippen LogP contribution >= 0.6 is 15.9 Å². The Kier molecular flexibility index (Phi) is 7.74. The van der Waals surface area contributed by atoms with Crippen molar-refractivity contribution in [2.24, 2.45) is 5.92 Å². The van der Waals surface area contributed by atoms with E-state index in [-0.39, 0.29) is 0 Å². The summed E-state index contributed by atoms with van der Waals surface area (Å²) >= 11 is 3.56. The Morgan fingerprint density at radius 1 is 1.42 bits per heavy atom. The number of nitrogens with zero attached hydrogens (tertiary/aromatic N) is 1. The average Bonchev–Trinajstić information content (AvgIpc) is 3.15. The Bertz CT molecular complexity index is 308. The molecule has 1 aliphatic carbocycles. The first-order valence-corrected chi connectivity index (χ1v) is 8.52.